The van der Waals surface area contributed by atoms with Gasteiger partial charge in [0.1, 0.15) is 0 Å². The van der Waals surface area contributed by atoms with Crippen molar-refractivity contribution in [3.05, 3.63) is 35.4 Å². The molecule has 1 aromatic rings. The summed E-state index contributed by atoms with van der Waals surface area (Å²) in [5.41, 5.74) is 2.13. The van der Waals surface area contributed by atoms with Crippen LogP contribution in [0.15, 0.2) is 24.3 Å². The number of nitrogens with zero attached hydrogens (tertiary/aromatic N) is 1. The zero-order valence-electron chi connectivity index (χ0n) is 10.9. The molecule has 0 heterocycles. The van der Waals surface area contributed by atoms with E-state index in [-0.39, 0.29) is 6.04 Å². The summed E-state index contributed by atoms with van der Waals surface area (Å²) >= 11 is 0. The number of likely N-dealkylation sites (N-methyl/N-ethyl adjacent to an activating group) is 2. The number of nitrogens with one attached hydrogen (secondary N) is 1. The van der Waals surface area contributed by atoms with Crippen molar-refractivity contribution in [2.75, 3.05) is 27.2 Å². The Hall–Kier alpha value is -1.07. The van der Waals surface area contributed by atoms with Gasteiger partial charge in [0.15, 0.2) is 0 Å². The van der Waals surface area contributed by atoms with E-state index in [2.05, 4.69) is 5.32 Å². The number of benzene rings is 1. The highest BCUT2D eigenvalue weighted by Crippen LogP contribution is 2.19. The van der Waals surface area contributed by atoms with E-state index in [4.69, 9.17) is 0 Å². The second-order valence-corrected chi connectivity index (χ2v) is 4.56. The van der Waals surface area contributed by atoms with Gasteiger partial charge in [0.2, 0.25) is 0 Å². The lowest BCUT2D eigenvalue weighted by atomic mass is 10.0. The van der Waals surface area contributed by atoms with Crippen LogP contribution >= 0.6 is 0 Å². The third-order valence-electron chi connectivity index (χ3n) is 2.77. The van der Waals surface area contributed by atoms with Crippen LogP contribution in [0, 0.1) is 6.92 Å². The summed E-state index contributed by atoms with van der Waals surface area (Å²) in [7, 11) is 3.23. The van der Waals surface area contributed by atoms with Gasteiger partial charge in [0.05, 0.1) is 6.54 Å². The van der Waals surface area contributed by atoms with Crippen molar-refractivity contribution in [3.63, 3.8) is 0 Å². The first-order valence-electron chi connectivity index (χ1n) is 5.81. The Labute approximate surface area is 106 Å². The molecule has 0 amide bonds. The van der Waals surface area contributed by atoms with E-state index in [9.17, 15) is 13.2 Å². The van der Waals surface area contributed by atoms with Gasteiger partial charge in [-0.2, -0.15) is 13.2 Å². The van der Waals surface area contributed by atoms with Crippen LogP contribution in [-0.4, -0.2) is 38.3 Å². The Morgan fingerprint density at radius 2 is 1.78 bits per heavy atom. The van der Waals surface area contributed by atoms with E-state index in [1.807, 2.05) is 31.2 Å². The maximum atomic E-state index is 12.3. The predicted octanol–water partition coefficient (Wildman–Crippen LogP) is 2.75. The standard InChI is InChI=1S/C13H19F3N2/c1-10-4-6-11(7-5-10)12(17-2)8-18(3)9-13(14,15)16/h4-7,12,17H,8-9H2,1-3H3. The molecule has 102 valence electrons. The first-order chi connectivity index (χ1) is 8.31. The largest absolute Gasteiger partial charge is 0.401 e. The maximum absolute atomic E-state index is 12.3. The van der Waals surface area contributed by atoms with Crippen molar-refractivity contribution in [2.45, 2.75) is 19.1 Å². The van der Waals surface area contributed by atoms with E-state index in [1.165, 1.54) is 11.9 Å². The summed E-state index contributed by atoms with van der Waals surface area (Å²) in [6.45, 7) is 1.41. The number of hydrogen-bond acceptors (Lipinski definition) is 2. The Kier molecular flexibility index (Phi) is 5.16. The molecular formula is C13H19F3N2. The first-order valence-corrected chi connectivity index (χ1v) is 5.81. The summed E-state index contributed by atoms with van der Waals surface area (Å²) in [5, 5.41) is 3.05. The van der Waals surface area contributed by atoms with Crippen molar-refractivity contribution in [1.82, 2.24) is 10.2 Å². The van der Waals surface area contributed by atoms with E-state index in [0.29, 0.717) is 6.54 Å². The molecule has 0 radical (unpaired) electrons. The second kappa shape index (κ2) is 6.20. The van der Waals surface area contributed by atoms with Crippen LogP contribution in [0.3, 0.4) is 0 Å². The zero-order chi connectivity index (χ0) is 13.8. The Morgan fingerprint density at radius 3 is 2.22 bits per heavy atom. The van der Waals surface area contributed by atoms with E-state index in [1.54, 1.807) is 7.05 Å². The molecule has 0 saturated carbocycles. The molecule has 18 heavy (non-hydrogen) atoms. The lowest BCUT2D eigenvalue weighted by molar-refractivity contribution is -0.143. The fraction of sp³-hybridized carbons (Fsp3) is 0.538. The summed E-state index contributed by atoms with van der Waals surface area (Å²) in [6, 6.07) is 7.71. The topological polar surface area (TPSA) is 15.3 Å². The average Bonchev–Trinajstić information content (AvgIpc) is 2.25. The summed E-state index contributed by atoms with van der Waals surface area (Å²) < 4.78 is 36.8. The second-order valence-electron chi connectivity index (χ2n) is 4.56. The number of rotatable bonds is 5. The highest BCUT2D eigenvalue weighted by molar-refractivity contribution is 5.24. The van der Waals surface area contributed by atoms with Gasteiger partial charge in [0, 0.05) is 12.6 Å². The number of halogens is 3. The maximum Gasteiger partial charge on any atom is 0.401 e. The fourth-order valence-electron chi connectivity index (χ4n) is 1.84. The van der Waals surface area contributed by atoms with Gasteiger partial charge in [-0.25, -0.2) is 0 Å². The predicted molar refractivity (Wildman–Crippen MR) is 66.5 cm³/mol. The van der Waals surface area contributed by atoms with Gasteiger partial charge in [0.25, 0.3) is 0 Å². The Bertz CT molecular complexity index is 359. The van der Waals surface area contributed by atoms with Gasteiger partial charge in [-0.15, -0.1) is 0 Å². The molecule has 1 aromatic carbocycles. The van der Waals surface area contributed by atoms with Crippen LogP contribution in [0.4, 0.5) is 13.2 Å². The molecule has 5 heteroatoms. The summed E-state index contributed by atoms with van der Waals surface area (Å²) in [4.78, 5) is 1.28. The molecule has 1 rings (SSSR count). The molecule has 0 aromatic heterocycles. The lowest BCUT2D eigenvalue weighted by Crippen LogP contribution is -2.37. The molecule has 0 aliphatic carbocycles. The molecule has 0 fully saturated rings. The van der Waals surface area contributed by atoms with Crippen molar-refractivity contribution >= 4 is 0 Å². The van der Waals surface area contributed by atoms with Crippen molar-refractivity contribution < 1.29 is 13.2 Å². The molecule has 1 N–H and O–H groups in total. The van der Waals surface area contributed by atoms with Crippen LogP contribution in [0.1, 0.15) is 17.2 Å². The molecule has 2 nitrogen and oxygen atoms in total. The minimum atomic E-state index is -4.15. The SMILES string of the molecule is CNC(CN(C)CC(F)(F)F)c1ccc(C)cc1. The van der Waals surface area contributed by atoms with Gasteiger partial charge >= 0.3 is 6.18 Å². The van der Waals surface area contributed by atoms with Gasteiger partial charge < -0.3 is 5.32 Å². The van der Waals surface area contributed by atoms with Gasteiger partial charge in [-0.05, 0) is 26.6 Å². The van der Waals surface area contributed by atoms with Crippen LogP contribution < -0.4 is 5.32 Å². The monoisotopic (exact) mass is 260 g/mol. The van der Waals surface area contributed by atoms with Crippen LogP contribution in [0.25, 0.3) is 0 Å². The molecule has 1 atom stereocenters. The Morgan fingerprint density at radius 1 is 1.22 bits per heavy atom. The summed E-state index contributed by atoms with van der Waals surface area (Å²) in [5.74, 6) is 0. The van der Waals surface area contributed by atoms with Crippen LogP contribution in [0.5, 0.6) is 0 Å². The van der Waals surface area contributed by atoms with Gasteiger partial charge in [-0.1, -0.05) is 29.8 Å². The normalized spacial score (nSPS) is 13.9. The zero-order valence-corrected chi connectivity index (χ0v) is 10.9. The third-order valence-corrected chi connectivity index (χ3v) is 2.77. The van der Waals surface area contributed by atoms with E-state index in [0.717, 1.165) is 11.1 Å². The van der Waals surface area contributed by atoms with Crippen LogP contribution in [0.2, 0.25) is 0 Å². The molecular weight excluding hydrogens is 241 g/mol. The molecule has 0 aliphatic heterocycles. The third kappa shape index (κ3) is 5.06. The molecule has 0 aliphatic rings. The molecule has 0 bridgehead atoms. The van der Waals surface area contributed by atoms with Crippen LogP contribution in [-0.2, 0) is 0 Å². The fourth-order valence-corrected chi connectivity index (χ4v) is 1.84. The minimum absolute atomic E-state index is 0.0991. The quantitative estimate of drug-likeness (QED) is 0.875. The average molecular weight is 260 g/mol. The summed E-state index contributed by atoms with van der Waals surface area (Å²) in [6.07, 6.45) is -4.15. The smallest absolute Gasteiger partial charge is 0.312 e. The van der Waals surface area contributed by atoms with E-state index >= 15 is 0 Å². The molecule has 0 saturated heterocycles. The van der Waals surface area contributed by atoms with Gasteiger partial charge in [-0.3, -0.25) is 4.90 Å². The highest BCUT2D eigenvalue weighted by Gasteiger charge is 2.29. The number of aryl methyl sites for hydroxylation is 1. The number of alkyl halides is 3. The number of hydrogen-bond donors (Lipinski definition) is 1. The van der Waals surface area contributed by atoms with E-state index < -0.39 is 12.7 Å². The highest BCUT2D eigenvalue weighted by atomic mass is 19.4. The van der Waals surface area contributed by atoms with Crippen molar-refractivity contribution in [3.8, 4) is 0 Å². The Balaban J connectivity index is 2.64. The first kappa shape index (κ1) is 15.0. The van der Waals surface area contributed by atoms with Crippen molar-refractivity contribution in [1.29, 1.82) is 0 Å². The van der Waals surface area contributed by atoms with Crippen molar-refractivity contribution in [2.24, 2.45) is 0 Å². The molecule has 1 unspecified atom stereocenters. The lowest BCUT2D eigenvalue weighted by Gasteiger charge is -2.25. The molecule has 0 spiro atoms. The minimum Gasteiger partial charge on any atom is -0.312 e.